The normalized spacial score (nSPS) is 17.9. The Balaban J connectivity index is 0.000000657. The number of alkyl carbamates (subject to hydrolysis) is 1. The Morgan fingerprint density at radius 3 is 2.36 bits per heavy atom. The third kappa shape index (κ3) is 11.3. The monoisotopic (exact) mass is 468 g/mol. The van der Waals surface area contributed by atoms with E-state index in [2.05, 4.69) is 30.5 Å². The van der Waals surface area contributed by atoms with Gasteiger partial charge in [-0.3, -0.25) is 10.1 Å². The van der Waals surface area contributed by atoms with Crippen molar-refractivity contribution in [2.45, 2.75) is 85.2 Å². The van der Waals surface area contributed by atoms with Gasteiger partial charge in [0, 0.05) is 0 Å². The van der Waals surface area contributed by atoms with Crippen LogP contribution in [0.1, 0.15) is 67.7 Å². The van der Waals surface area contributed by atoms with E-state index in [1.807, 2.05) is 0 Å². The van der Waals surface area contributed by atoms with Crippen molar-refractivity contribution in [3.05, 3.63) is 23.8 Å². The van der Waals surface area contributed by atoms with E-state index in [1.54, 1.807) is 41.5 Å². The molecule has 188 valence electrons. The molecule has 1 aliphatic carbocycles. The Morgan fingerprint density at radius 2 is 1.91 bits per heavy atom. The fourth-order valence-corrected chi connectivity index (χ4v) is 3.02. The zero-order valence-corrected chi connectivity index (χ0v) is 21.0. The molecule has 1 aliphatic heterocycles. The largest absolute Gasteiger partial charge is 0.447 e. The maximum Gasteiger partial charge on any atom is 0.416 e. The lowest BCUT2D eigenvalue weighted by Crippen LogP contribution is -2.48. The minimum absolute atomic E-state index is 0.103. The highest BCUT2D eigenvalue weighted by Gasteiger charge is 2.34. The summed E-state index contributed by atoms with van der Waals surface area (Å²) < 4.78 is 15.5. The average Bonchev–Trinajstić information content (AvgIpc) is 3.11. The van der Waals surface area contributed by atoms with Crippen LogP contribution in [0.25, 0.3) is 0 Å². The number of nitrogens with zero attached hydrogens (tertiary/aromatic N) is 1. The first-order chi connectivity index (χ1) is 15.2. The number of cyclic esters (lactones) is 1. The number of amides is 3. The summed E-state index contributed by atoms with van der Waals surface area (Å²) in [5.41, 5.74) is -0.219. The summed E-state index contributed by atoms with van der Waals surface area (Å²) in [5.74, 6) is -1.25. The van der Waals surface area contributed by atoms with Gasteiger partial charge in [-0.05, 0) is 60.8 Å². The van der Waals surface area contributed by atoms with Crippen LogP contribution in [0.2, 0.25) is 0 Å². The van der Waals surface area contributed by atoms with Crippen molar-refractivity contribution < 1.29 is 33.7 Å². The smallest absolute Gasteiger partial charge is 0.416 e. The highest BCUT2D eigenvalue weighted by atomic mass is 16.6. The SMILES string of the molecule is CC(C(=O)N1CCOC1=O)C(O)CCOC(C)(C)NC(=O)OC(C)(C)C.CC1=CCCC=C1. The van der Waals surface area contributed by atoms with E-state index in [-0.39, 0.29) is 26.2 Å². The highest BCUT2D eigenvalue weighted by Crippen LogP contribution is 2.16. The second kappa shape index (κ2) is 12.7. The molecule has 0 aromatic heterocycles. The molecule has 3 amide bonds. The zero-order chi connectivity index (χ0) is 25.2. The standard InChI is InChI=1S/C17H30N2O7.C7H10/c1-11(13(21)19-8-10-24-15(19)23)12(20)7-9-25-17(5,6)18-14(22)26-16(2,3)4;1-7-5-3-2-4-6-7/h11-12,20H,7-10H2,1-6H3,(H,18,22);3,5-6H,2,4H2,1H3. The first-order valence-corrected chi connectivity index (χ1v) is 11.4. The number of aliphatic hydroxyl groups is 1. The van der Waals surface area contributed by atoms with Crippen molar-refractivity contribution in [1.29, 1.82) is 0 Å². The Kier molecular flexibility index (Phi) is 11.1. The molecular weight excluding hydrogens is 428 g/mol. The molecule has 0 aromatic carbocycles. The Bertz CT molecular complexity index is 738. The van der Waals surface area contributed by atoms with Gasteiger partial charge >= 0.3 is 12.2 Å². The van der Waals surface area contributed by atoms with E-state index in [1.165, 1.54) is 18.4 Å². The molecule has 1 saturated heterocycles. The number of ether oxygens (including phenoxy) is 3. The van der Waals surface area contributed by atoms with Crippen LogP contribution < -0.4 is 5.32 Å². The molecule has 0 spiro atoms. The summed E-state index contributed by atoms with van der Waals surface area (Å²) in [4.78, 5) is 36.4. The van der Waals surface area contributed by atoms with Gasteiger partial charge in [0.05, 0.1) is 25.2 Å². The van der Waals surface area contributed by atoms with Crippen LogP contribution >= 0.6 is 0 Å². The van der Waals surface area contributed by atoms with E-state index in [0.29, 0.717) is 0 Å². The van der Waals surface area contributed by atoms with Crippen molar-refractivity contribution in [2.75, 3.05) is 19.8 Å². The van der Waals surface area contributed by atoms with Gasteiger partial charge in [0.1, 0.15) is 17.9 Å². The number of nitrogens with one attached hydrogen (secondary N) is 1. The lowest BCUT2D eigenvalue weighted by atomic mass is 10.0. The lowest BCUT2D eigenvalue weighted by molar-refractivity contribution is -0.135. The number of aliphatic hydroxyl groups excluding tert-OH is 1. The summed E-state index contributed by atoms with van der Waals surface area (Å²) in [6.45, 7) is 12.7. The average molecular weight is 469 g/mol. The molecule has 2 N–H and O–H groups in total. The number of imide groups is 1. The fraction of sp³-hybridized carbons (Fsp3) is 0.708. The number of rotatable bonds is 7. The maximum absolute atomic E-state index is 12.2. The summed E-state index contributed by atoms with van der Waals surface area (Å²) in [6.07, 6.45) is 6.99. The van der Waals surface area contributed by atoms with Crippen molar-refractivity contribution in [2.24, 2.45) is 5.92 Å². The number of carbonyl (C=O) groups is 3. The second-order valence-corrected chi connectivity index (χ2v) is 9.66. The predicted octanol–water partition coefficient (Wildman–Crippen LogP) is 3.91. The van der Waals surface area contributed by atoms with Gasteiger partial charge in [-0.25, -0.2) is 14.5 Å². The van der Waals surface area contributed by atoms with Gasteiger partial charge in [0.25, 0.3) is 0 Å². The molecule has 0 aromatic rings. The van der Waals surface area contributed by atoms with Gasteiger partial charge in [0.2, 0.25) is 5.91 Å². The van der Waals surface area contributed by atoms with E-state index in [9.17, 15) is 19.5 Å². The molecule has 0 saturated carbocycles. The maximum atomic E-state index is 12.2. The fourth-order valence-electron chi connectivity index (χ4n) is 3.02. The lowest BCUT2D eigenvalue weighted by Gasteiger charge is -2.29. The second-order valence-electron chi connectivity index (χ2n) is 9.66. The number of carbonyl (C=O) groups excluding carboxylic acids is 3. The molecule has 0 radical (unpaired) electrons. The van der Waals surface area contributed by atoms with Crippen molar-refractivity contribution in [1.82, 2.24) is 10.2 Å². The topological polar surface area (TPSA) is 114 Å². The minimum atomic E-state index is -1.01. The van der Waals surface area contributed by atoms with Crippen LogP contribution in [0.15, 0.2) is 23.8 Å². The van der Waals surface area contributed by atoms with Crippen LogP contribution in [0, 0.1) is 5.92 Å². The molecule has 2 aliphatic rings. The summed E-state index contributed by atoms with van der Waals surface area (Å²) in [7, 11) is 0. The molecule has 33 heavy (non-hydrogen) atoms. The van der Waals surface area contributed by atoms with Crippen LogP contribution in [-0.2, 0) is 19.0 Å². The van der Waals surface area contributed by atoms with Gasteiger partial charge in [0.15, 0.2) is 0 Å². The molecule has 9 nitrogen and oxygen atoms in total. The number of hydrogen-bond acceptors (Lipinski definition) is 7. The quantitative estimate of drug-likeness (QED) is 0.544. The molecule has 9 heteroatoms. The van der Waals surface area contributed by atoms with Crippen molar-refractivity contribution in [3.8, 4) is 0 Å². The molecule has 1 heterocycles. The first kappa shape index (κ1) is 28.6. The van der Waals surface area contributed by atoms with Gasteiger partial charge in [-0.15, -0.1) is 0 Å². The molecular formula is C24H40N2O7. The molecule has 2 unspecified atom stereocenters. The predicted molar refractivity (Wildman–Crippen MR) is 124 cm³/mol. The van der Waals surface area contributed by atoms with Gasteiger partial charge in [-0.2, -0.15) is 0 Å². The van der Waals surface area contributed by atoms with Crippen LogP contribution in [0.4, 0.5) is 9.59 Å². The highest BCUT2D eigenvalue weighted by molar-refractivity contribution is 5.94. The van der Waals surface area contributed by atoms with Crippen LogP contribution in [0.3, 0.4) is 0 Å². The Morgan fingerprint density at radius 1 is 1.24 bits per heavy atom. The van der Waals surface area contributed by atoms with Crippen molar-refractivity contribution >= 4 is 18.1 Å². The number of hydrogen-bond donors (Lipinski definition) is 2. The van der Waals surface area contributed by atoms with E-state index < -0.39 is 41.4 Å². The molecule has 2 rings (SSSR count). The first-order valence-electron chi connectivity index (χ1n) is 11.4. The molecule has 0 bridgehead atoms. The summed E-state index contributed by atoms with van der Waals surface area (Å²) in [5, 5.41) is 12.8. The Labute approximate surface area is 197 Å². The van der Waals surface area contributed by atoms with Crippen LogP contribution in [-0.4, -0.2) is 65.3 Å². The summed E-state index contributed by atoms with van der Waals surface area (Å²) in [6, 6.07) is 0. The third-order valence-electron chi connectivity index (χ3n) is 4.85. The number of allylic oxidation sites excluding steroid dienone is 4. The van der Waals surface area contributed by atoms with E-state index in [4.69, 9.17) is 14.2 Å². The molecule has 1 fully saturated rings. The van der Waals surface area contributed by atoms with Gasteiger partial charge in [-0.1, -0.05) is 30.7 Å². The summed E-state index contributed by atoms with van der Waals surface area (Å²) >= 11 is 0. The zero-order valence-electron chi connectivity index (χ0n) is 21.0. The van der Waals surface area contributed by atoms with Crippen molar-refractivity contribution in [3.63, 3.8) is 0 Å². The van der Waals surface area contributed by atoms with Crippen LogP contribution in [0.5, 0.6) is 0 Å². The minimum Gasteiger partial charge on any atom is -0.447 e. The van der Waals surface area contributed by atoms with E-state index in [0.717, 1.165) is 4.90 Å². The van der Waals surface area contributed by atoms with Gasteiger partial charge < -0.3 is 19.3 Å². The third-order valence-corrected chi connectivity index (χ3v) is 4.85. The molecule has 2 atom stereocenters. The van der Waals surface area contributed by atoms with E-state index >= 15 is 0 Å². The Hall–Kier alpha value is -2.39.